The first-order valence-electron chi connectivity index (χ1n) is 26.9. The van der Waals surface area contributed by atoms with Crippen LogP contribution in [0.15, 0.2) is 249 Å². The van der Waals surface area contributed by atoms with E-state index in [4.69, 9.17) is 0 Å². The molecule has 0 fully saturated rings. The summed E-state index contributed by atoms with van der Waals surface area (Å²) in [7, 11) is 0. The van der Waals surface area contributed by atoms with E-state index in [0.717, 1.165) is 58.1 Å². The van der Waals surface area contributed by atoms with Gasteiger partial charge in [-0.25, -0.2) is 0 Å². The Labute approximate surface area is 442 Å². The molecule has 0 aliphatic heterocycles. The molecule has 0 heterocycles. The fourth-order valence-electron chi connectivity index (χ4n) is 11.7. The molecular weight excluding hydrogens is 905 g/mol. The zero-order valence-electron chi connectivity index (χ0n) is 43.6. The van der Waals surface area contributed by atoms with E-state index in [-0.39, 0.29) is 0 Å². The number of para-hydroxylation sites is 2. The van der Waals surface area contributed by atoms with Gasteiger partial charge >= 0.3 is 0 Å². The second kappa shape index (κ2) is 20.3. The highest BCUT2D eigenvalue weighted by molar-refractivity contribution is 6.13. The molecule has 0 saturated heterocycles. The van der Waals surface area contributed by atoms with Crippen molar-refractivity contribution in [1.82, 2.24) is 0 Å². The number of hydrogen-bond acceptors (Lipinski definition) is 2. The normalized spacial score (nSPS) is 12.3. The molecule has 2 atom stereocenters. The Morgan fingerprint density at radius 2 is 0.720 bits per heavy atom. The zero-order chi connectivity index (χ0) is 51.0. The van der Waals surface area contributed by atoms with Gasteiger partial charge in [0.1, 0.15) is 0 Å². The Morgan fingerprint density at radius 1 is 0.307 bits per heavy atom. The highest BCUT2D eigenvalue weighted by Crippen LogP contribution is 2.48. The summed E-state index contributed by atoms with van der Waals surface area (Å²) in [5.74, 6) is 0.801. The average molecular weight is 967 g/mol. The first-order valence-corrected chi connectivity index (χ1v) is 26.9. The lowest BCUT2D eigenvalue weighted by atomic mass is 9.83. The smallest absolute Gasteiger partial charge is 0.0540 e. The molecule has 12 aromatic rings. The van der Waals surface area contributed by atoms with Gasteiger partial charge in [-0.1, -0.05) is 216 Å². The first-order chi connectivity index (χ1) is 36.9. The van der Waals surface area contributed by atoms with Crippen LogP contribution < -0.4 is 9.80 Å². The number of anilines is 6. The topological polar surface area (TPSA) is 6.48 Å². The van der Waals surface area contributed by atoms with Crippen LogP contribution >= 0.6 is 0 Å². The molecule has 0 aromatic heterocycles. The molecule has 0 bridgehead atoms. The van der Waals surface area contributed by atoms with Crippen molar-refractivity contribution in [3.05, 3.63) is 265 Å². The molecule has 2 unspecified atom stereocenters. The fourth-order valence-corrected chi connectivity index (χ4v) is 11.7. The third-order valence-corrected chi connectivity index (χ3v) is 16.0. The SMILES string of the molecule is CCC(C)c1ccc2c(N(c3ccccc3)c3ccc(-c4ccc(N(c5ccccc5)c5cccc6c(-c7c(C)ccc8ccccc78)c(C(C)CC)ccc56)cc4)cc3)cccc2c1-c1cccc2ccccc12. The number of fused-ring (bicyclic) bond motifs is 4. The molecule has 0 N–H and O–H groups in total. The lowest BCUT2D eigenvalue weighted by molar-refractivity contribution is 0.736. The number of rotatable bonds is 13. The Bertz CT molecular complexity index is 4000. The molecule has 364 valence electrons. The van der Waals surface area contributed by atoms with Gasteiger partial charge in [0.2, 0.25) is 0 Å². The van der Waals surface area contributed by atoms with Crippen molar-refractivity contribution in [2.24, 2.45) is 0 Å². The van der Waals surface area contributed by atoms with Crippen molar-refractivity contribution in [1.29, 1.82) is 0 Å². The molecule has 0 aliphatic rings. The quantitative estimate of drug-likeness (QED) is 0.114. The number of aryl methyl sites for hydroxylation is 1. The van der Waals surface area contributed by atoms with Crippen molar-refractivity contribution in [3.63, 3.8) is 0 Å². The molecule has 2 heteroatoms. The van der Waals surface area contributed by atoms with Crippen LogP contribution in [0.5, 0.6) is 0 Å². The van der Waals surface area contributed by atoms with Gasteiger partial charge in [-0.2, -0.15) is 0 Å². The molecule has 0 spiro atoms. The first kappa shape index (κ1) is 47.3. The van der Waals surface area contributed by atoms with E-state index in [1.54, 1.807) is 0 Å². The summed E-state index contributed by atoms with van der Waals surface area (Å²) in [4.78, 5) is 4.85. The van der Waals surface area contributed by atoms with Crippen LogP contribution in [0.1, 0.15) is 69.1 Å². The monoisotopic (exact) mass is 966 g/mol. The van der Waals surface area contributed by atoms with E-state index >= 15 is 0 Å². The van der Waals surface area contributed by atoms with Crippen molar-refractivity contribution in [2.75, 3.05) is 9.80 Å². The number of hydrogen-bond donors (Lipinski definition) is 0. The van der Waals surface area contributed by atoms with Gasteiger partial charge in [-0.3, -0.25) is 0 Å². The Kier molecular flexibility index (Phi) is 12.8. The summed E-state index contributed by atoms with van der Waals surface area (Å²) in [6.07, 6.45) is 2.13. The Morgan fingerprint density at radius 3 is 1.25 bits per heavy atom. The molecule has 12 rings (SSSR count). The standard InChI is InChI=1S/C73H62N2/c1-6-49(3)60-45-47-64-67(72(60)66-30-18-23-54-21-14-16-28-62(54)66)31-19-33-69(64)74(56-24-10-8-11-25-56)58-41-37-52(38-42-58)53-39-43-59(44-40-53)75(57-26-12-9-13-27-57)70-34-20-32-68-65(70)48-46-61(50(4)7-2)73(68)71-51(5)35-36-55-22-15-17-29-63(55)71/h8-50H,6-7H2,1-5H3. The van der Waals surface area contributed by atoms with Crippen LogP contribution in [0, 0.1) is 6.92 Å². The van der Waals surface area contributed by atoms with E-state index in [0.29, 0.717) is 11.8 Å². The summed E-state index contributed by atoms with van der Waals surface area (Å²) in [5.41, 5.74) is 18.4. The van der Waals surface area contributed by atoms with E-state index in [2.05, 4.69) is 293 Å². The van der Waals surface area contributed by atoms with Crippen molar-refractivity contribution < 1.29 is 0 Å². The lowest BCUT2D eigenvalue weighted by Crippen LogP contribution is -2.11. The summed E-state index contributed by atoms with van der Waals surface area (Å²) in [6.45, 7) is 11.6. The maximum absolute atomic E-state index is 2.43. The average Bonchev–Trinajstić information content (AvgIpc) is 3.47. The van der Waals surface area contributed by atoms with Gasteiger partial charge in [-0.15, -0.1) is 0 Å². The summed E-state index contributed by atoms with van der Waals surface area (Å²) >= 11 is 0. The molecule has 0 saturated carbocycles. The second-order valence-corrected chi connectivity index (χ2v) is 20.4. The predicted octanol–water partition coefficient (Wildman–Crippen LogP) is 21.6. The van der Waals surface area contributed by atoms with Gasteiger partial charge in [0.25, 0.3) is 0 Å². The highest BCUT2D eigenvalue weighted by Gasteiger charge is 2.24. The van der Waals surface area contributed by atoms with Gasteiger partial charge in [0.05, 0.1) is 11.4 Å². The molecule has 12 aromatic carbocycles. The molecule has 2 nitrogen and oxygen atoms in total. The number of benzene rings is 12. The highest BCUT2D eigenvalue weighted by atomic mass is 15.1. The zero-order valence-corrected chi connectivity index (χ0v) is 43.6. The van der Waals surface area contributed by atoms with E-state index in [1.165, 1.54) is 82.0 Å². The molecule has 75 heavy (non-hydrogen) atoms. The molecule has 0 aliphatic carbocycles. The largest absolute Gasteiger partial charge is 0.310 e. The van der Waals surface area contributed by atoms with E-state index < -0.39 is 0 Å². The van der Waals surface area contributed by atoms with Crippen LogP contribution in [0.3, 0.4) is 0 Å². The van der Waals surface area contributed by atoms with Crippen LogP contribution in [-0.2, 0) is 0 Å². The number of nitrogens with zero attached hydrogens (tertiary/aromatic N) is 2. The van der Waals surface area contributed by atoms with Gasteiger partial charge in [0.15, 0.2) is 0 Å². The minimum absolute atomic E-state index is 0.398. The van der Waals surface area contributed by atoms with Crippen molar-refractivity contribution in [2.45, 2.75) is 59.3 Å². The molecule has 0 radical (unpaired) electrons. The second-order valence-electron chi connectivity index (χ2n) is 20.4. The minimum atomic E-state index is 0.398. The predicted molar refractivity (Wildman–Crippen MR) is 324 cm³/mol. The third-order valence-electron chi connectivity index (χ3n) is 16.0. The maximum atomic E-state index is 2.43. The molecule has 0 amide bonds. The van der Waals surface area contributed by atoms with Gasteiger partial charge in [-0.05, 0) is 175 Å². The van der Waals surface area contributed by atoms with E-state index in [1.807, 2.05) is 0 Å². The van der Waals surface area contributed by atoms with Crippen LogP contribution in [0.25, 0.3) is 76.5 Å². The fraction of sp³-hybridized carbons (Fsp3) is 0.123. The minimum Gasteiger partial charge on any atom is -0.310 e. The van der Waals surface area contributed by atoms with Crippen LogP contribution in [0.4, 0.5) is 34.1 Å². The maximum Gasteiger partial charge on any atom is 0.0540 e. The van der Waals surface area contributed by atoms with Crippen molar-refractivity contribution >= 4 is 77.2 Å². The van der Waals surface area contributed by atoms with Crippen molar-refractivity contribution in [3.8, 4) is 33.4 Å². The summed E-state index contributed by atoms with van der Waals surface area (Å²) < 4.78 is 0. The summed E-state index contributed by atoms with van der Waals surface area (Å²) in [5, 5.41) is 10.1. The van der Waals surface area contributed by atoms with Gasteiger partial charge in [0, 0.05) is 33.5 Å². The lowest BCUT2D eigenvalue weighted by Gasteiger charge is -2.29. The third kappa shape index (κ3) is 8.61. The molecular formula is C73H62N2. The van der Waals surface area contributed by atoms with Gasteiger partial charge < -0.3 is 9.80 Å². The van der Waals surface area contributed by atoms with E-state index in [9.17, 15) is 0 Å². The Hall–Kier alpha value is -8.72. The van der Waals surface area contributed by atoms with Crippen LogP contribution in [-0.4, -0.2) is 0 Å². The Balaban J connectivity index is 0.942. The van der Waals surface area contributed by atoms with Crippen LogP contribution in [0.2, 0.25) is 0 Å². The summed E-state index contributed by atoms with van der Waals surface area (Å²) in [6, 6.07) is 92.1.